The molecule has 0 radical (unpaired) electrons. The molecule has 0 rings (SSSR count). The first-order valence-corrected chi connectivity index (χ1v) is 9.20. The molecule has 3 atom stereocenters. The van der Waals surface area contributed by atoms with Gasteiger partial charge in [-0.25, -0.2) is 4.79 Å². The van der Waals surface area contributed by atoms with E-state index in [1.54, 1.807) is 0 Å². The summed E-state index contributed by atoms with van der Waals surface area (Å²) in [7, 11) is 0. The molecule has 0 aliphatic heterocycles. The lowest BCUT2D eigenvalue weighted by Gasteiger charge is -2.21. The first-order chi connectivity index (χ1) is 13.1. The molecule has 0 aromatic rings. The van der Waals surface area contributed by atoms with Crippen molar-refractivity contribution in [1.82, 2.24) is 16.0 Å². The number of hydrogen-bond acceptors (Lipinski definition) is 8. The van der Waals surface area contributed by atoms with E-state index in [0.717, 1.165) is 0 Å². The molecule has 0 spiro atoms. The standard InChI is InChI=1S/C15H28N6O6S/c16-4-2-1-3-9(14(25)21-10(15(26)27)5-11(18)22)20-12(23)6-19-13(24)8(17)7-28/h8-10,28H,1-7,16-17H2,(H2,18,22)(H,19,24)(H,20,23)(H,21,25)(H,26,27). The number of thiol groups is 1. The number of carboxylic acid groups (broad SMARTS) is 1. The molecule has 4 amide bonds. The van der Waals surface area contributed by atoms with E-state index in [-0.39, 0.29) is 12.2 Å². The highest BCUT2D eigenvalue weighted by atomic mass is 32.1. The second-order valence-corrected chi connectivity index (χ2v) is 6.35. The summed E-state index contributed by atoms with van der Waals surface area (Å²) in [5.74, 6) is -4.30. The maximum Gasteiger partial charge on any atom is 0.326 e. The van der Waals surface area contributed by atoms with Crippen LogP contribution in [-0.2, 0) is 24.0 Å². The van der Waals surface area contributed by atoms with Crippen molar-refractivity contribution in [3.8, 4) is 0 Å². The van der Waals surface area contributed by atoms with Crippen LogP contribution in [0.4, 0.5) is 0 Å². The zero-order valence-electron chi connectivity index (χ0n) is 15.3. The smallest absolute Gasteiger partial charge is 0.326 e. The van der Waals surface area contributed by atoms with Gasteiger partial charge in [0, 0.05) is 5.75 Å². The molecule has 12 nitrogen and oxygen atoms in total. The number of unbranched alkanes of at least 4 members (excludes halogenated alkanes) is 1. The lowest BCUT2D eigenvalue weighted by atomic mass is 10.1. The van der Waals surface area contributed by atoms with Crippen molar-refractivity contribution in [2.45, 2.75) is 43.8 Å². The Labute approximate surface area is 167 Å². The van der Waals surface area contributed by atoms with E-state index in [4.69, 9.17) is 22.3 Å². The summed E-state index contributed by atoms with van der Waals surface area (Å²) in [6, 6.07) is -3.49. The van der Waals surface area contributed by atoms with Gasteiger partial charge in [0.05, 0.1) is 19.0 Å². The highest BCUT2D eigenvalue weighted by Crippen LogP contribution is 2.03. The van der Waals surface area contributed by atoms with Gasteiger partial charge in [-0.2, -0.15) is 12.6 Å². The van der Waals surface area contributed by atoms with Crippen molar-refractivity contribution in [2.75, 3.05) is 18.8 Å². The van der Waals surface area contributed by atoms with Crippen molar-refractivity contribution >= 4 is 42.2 Å². The molecular weight excluding hydrogens is 392 g/mol. The second-order valence-electron chi connectivity index (χ2n) is 5.98. The van der Waals surface area contributed by atoms with Gasteiger partial charge in [0.25, 0.3) is 0 Å². The van der Waals surface area contributed by atoms with E-state index < -0.39 is 60.7 Å². The lowest BCUT2D eigenvalue weighted by Crippen LogP contribution is -2.54. The number of primary amides is 1. The SMILES string of the molecule is NCCCCC(NC(=O)CNC(=O)C(N)CS)C(=O)NC(CC(N)=O)C(=O)O. The van der Waals surface area contributed by atoms with Crippen LogP contribution in [0.2, 0.25) is 0 Å². The maximum atomic E-state index is 12.4. The van der Waals surface area contributed by atoms with Crippen LogP contribution in [-0.4, -0.2) is 71.7 Å². The minimum Gasteiger partial charge on any atom is -0.480 e. The van der Waals surface area contributed by atoms with Crippen molar-refractivity contribution < 1.29 is 29.1 Å². The highest BCUT2D eigenvalue weighted by Gasteiger charge is 2.27. The fourth-order valence-electron chi connectivity index (χ4n) is 2.06. The minimum absolute atomic E-state index is 0.0913. The average molecular weight is 420 g/mol. The summed E-state index contributed by atoms with van der Waals surface area (Å²) in [4.78, 5) is 58.1. The first-order valence-electron chi connectivity index (χ1n) is 8.57. The van der Waals surface area contributed by atoms with Gasteiger partial charge in [-0.05, 0) is 25.8 Å². The fourth-order valence-corrected chi connectivity index (χ4v) is 2.23. The molecule has 13 heteroatoms. The number of amides is 4. The van der Waals surface area contributed by atoms with Crippen molar-refractivity contribution in [2.24, 2.45) is 17.2 Å². The Balaban J connectivity index is 4.92. The lowest BCUT2D eigenvalue weighted by molar-refractivity contribution is -0.143. The number of carbonyl (C=O) groups excluding carboxylic acids is 4. The highest BCUT2D eigenvalue weighted by molar-refractivity contribution is 7.80. The topological polar surface area (TPSA) is 220 Å². The molecule has 0 heterocycles. The van der Waals surface area contributed by atoms with Gasteiger partial charge < -0.3 is 38.3 Å². The third kappa shape index (κ3) is 10.7. The number of hydrogen-bond donors (Lipinski definition) is 8. The van der Waals surface area contributed by atoms with Crippen molar-refractivity contribution in [3.63, 3.8) is 0 Å². The number of nitrogens with two attached hydrogens (primary N) is 3. The maximum absolute atomic E-state index is 12.4. The summed E-state index contributed by atoms with van der Waals surface area (Å²) in [6.07, 6.45) is 0.653. The van der Waals surface area contributed by atoms with Gasteiger partial charge in [0.15, 0.2) is 0 Å². The van der Waals surface area contributed by atoms with Gasteiger partial charge in [0.1, 0.15) is 12.1 Å². The third-order valence-electron chi connectivity index (χ3n) is 3.58. The molecule has 0 aromatic carbocycles. The first kappa shape index (κ1) is 25.6. The number of carbonyl (C=O) groups is 5. The van der Waals surface area contributed by atoms with E-state index in [9.17, 15) is 24.0 Å². The van der Waals surface area contributed by atoms with E-state index in [1.807, 2.05) is 0 Å². The van der Waals surface area contributed by atoms with E-state index >= 15 is 0 Å². The quantitative estimate of drug-likeness (QED) is 0.103. The van der Waals surface area contributed by atoms with Gasteiger partial charge in [-0.1, -0.05) is 0 Å². The zero-order valence-corrected chi connectivity index (χ0v) is 16.2. The molecule has 0 saturated heterocycles. The van der Waals surface area contributed by atoms with Gasteiger partial charge in [-0.3, -0.25) is 19.2 Å². The van der Waals surface area contributed by atoms with Crippen molar-refractivity contribution in [1.29, 1.82) is 0 Å². The molecule has 3 unspecified atom stereocenters. The van der Waals surface area contributed by atoms with Gasteiger partial charge in [-0.15, -0.1) is 0 Å². The summed E-state index contributed by atoms with van der Waals surface area (Å²) < 4.78 is 0. The summed E-state index contributed by atoms with van der Waals surface area (Å²) in [5, 5.41) is 16.0. The molecule has 0 saturated carbocycles. The average Bonchev–Trinajstić information content (AvgIpc) is 2.63. The van der Waals surface area contributed by atoms with Crippen molar-refractivity contribution in [3.05, 3.63) is 0 Å². The van der Waals surface area contributed by atoms with Crippen LogP contribution in [0.1, 0.15) is 25.7 Å². The Morgan fingerprint density at radius 1 is 1.00 bits per heavy atom. The fraction of sp³-hybridized carbons (Fsp3) is 0.667. The summed E-state index contributed by atoms with van der Waals surface area (Å²) >= 11 is 3.87. The largest absolute Gasteiger partial charge is 0.480 e. The normalized spacial score (nSPS) is 13.7. The van der Waals surface area contributed by atoms with Crippen LogP contribution >= 0.6 is 12.6 Å². The number of carboxylic acids is 1. The van der Waals surface area contributed by atoms with E-state index in [0.29, 0.717) is 19.4 Å². The minimum atomic E-state index is -1.52. The number of nitrogens with one attached hydrogen (secondary N) is 3. The van der Waals surface area contributed by atoms with Crippen LogP contribution in [0, 0.1) is 0 Å². The van der Waals surface area contributed by atoms with Crippen LogP contribution in [0.5, 0.6) is 0 Å². The summed E-state index contributed by atoms with van der Waals surface area (Å²) in [5.41, 5.74) is 15.8. The second kappa shape index (κ2) is 13.7. The van der Waals surface area contributed by atoms with Crippen LogP contribution in [0.3, 0.4) is 0 Å². The Hall–Kier alpha value is -2.38. The molecule has 0 bridgehead atoms. The predicted octanol–water partition coefficient (Wildman–Crippen LogP) is -3.58. The van der Waals surface area contributed by atoms with E-state index in [2.05, 4.69) is 28.6 Å². The van der Waals surface area contributed by atoms with Gasteiger partial charge >= 0.3 is 5.97 Å². The molecule has 0 aliphatic rings. The number of aliphatic carboxylic acids is 1. The monoisotopic (exact) mass is 420 g/mol. The molecular formula is C15H28N6O6S. The molecule has 28 heavy (non-hydrogen) atoms. The van der Waals surface area contributed by atoms with Gasteiger partial charge in [0.2, 0.25) is 23.6 Å². The molecule has 0 fully saturated rings. The Morgan fingerprint density at radius 2 is 1.64 bits per heavy atom. The third-order valence-corrected chi connectivity index (χ3v) is 3.97. The Bertz CT molecular complexity index is 575. The van der Waals surface area contributed by atoms with E-state index in [1.165, 1.54) is 0 Å². The number of rotatable bonds is 14. The van der Waals surface area contributed by atoms with Crippen LogP contribution in [0.15, 0.2) is 0 Å². The Morgan fingerprint density at radius 3 is 2.14 bits per heavy atom. The summed E-state index contributed by atoms with van der Waals surface area (Å²) in [6.45, 7) is -0.0516. The van der Waals surface area contributed by atoms with Crippen LogP contribution < -0.4 is 33.2 Å². The molecule has 10 N–H and O–H groups in total. The predicted molar refractivity (Wildman–Crippen MR) is 103 cm³/mol. The molecule has 0 aliphatic carbocycles. The zero-order chi connectivity index (χ0) is 21.7. The molecule has 0 aromatic heterocycles. The Kier molecular flexibility index (Phi) is 12.6. The van der Waals surface area contributed by atoms with Crippen LogP contribution in [0.25, 0.3) is 0 Å². The molecule has 160 valence electrons.